The number of aliphatic hydroxyl groups excluding tert-OH is 1. The molecule has 1 aromatic rings. The van der Waals surface area contributed by atoms with Crippen molar-refractivity contribution < 1.29 is 5.11 Å². The van der Waals surface area contributed by atoms with Gasteiger partial charge in [0.2, 0.25) is 0 Å². The van der Waals surface area contributed by atoms with Gasteiger partial charge >= 0.3 is 0 Å². The molecule has 0 radical (unpaired) electrons. The highest BCUT2D eigenvalue weighted by Crippen LogP contribution is 2.29. The molecule has 72 valence electrons. The molecule has 0 bridgehead atoms. The van der Waals surface area contributed by atoms with Crippen molar-refractivity contribution in [3.8, 4) is 0 Å². The van der Waals surface area contributed by atoms with E-state index < -0.39 is 0 Å². The summed E-state index contributed by atoms with van der Waals surface area (Å²) in [4.78, 5) is 0. The maximum absolute atomic E-state index is 9.37. The Labute approximate surface area is 91.9 Å². The highest BCUT2D eigenvalue weighted by Gasteiger charge is 2.16. The van der Waals surface area contributed by atoms with Gasteiger partial charge in [-0.05, 0) is 27.6 Å². The van der Waals surface area contributed by atoms with Crippen molar-refractivity contribution in [1.82, 2.24) is 0 Å². The largest absolute Gasteiger partial charge is 0.391 e. The first-order valence-corrected chi connectivity index (χ1v) is 4.76. The van der Waals surface area contributed by atoms with E-state index in [0.29, 0.717) is 6.54 Å². The molecule has 0 saturated heterocycles. The summed E-state index contributed by atoms with van der Waals surface area (Å²) < 4.78 is 1.08. The maximum atomic E-state index is 9.37. The predicted octanol–water partition coefficient (Wildman–Crippen LogP) is 2.20. The summed E-state index contributed by atoms with van der Waals surface area (Å²) in [6.45, 7) is 0.648. The Hall–Kier alpha value is -0.250. The second-order valence-electron chi connectivity index (χ2n) is 3.01. The fourth-order valence-corrected chi connectivity index (χ4v) is 2.03. The van der Waals surface area contributed by atoms with Crippen LogP contribution in [-0.4, -0.2) is 17.8 Å². The van der Waals surface area contributed by atoms with Crippen LogP contribution in [0.5, 0.6) is 0 Å². The van der Waals surface area contributed by atoms with Crippen molar-refractivity contribution in [3.63, 3.8) is 0 Å². The first-order valence-electron chi connectivity index (χ1n) is 3.96. The molecule has 0 amide bonds. The molecule has 1 aliphatic rings. The summed E-state index contributed by atoms with van der Waals surface area (Å²) in [6.07, 6.45) is 0.508. The number of nitrogens with one attached hydrogen (secondary N) is 1. The van der Waals surface area contributed by atoms with Crippen LogP contribution in [0.15, 0.2) is 22.7 Å². The van der Waals surface area contributed by atoms with Gasteiger partial charge in [-0.1, -0.05) is 12.1 Å². The lowest BCUT2D eigenvalue weighted by molar-refractivity contribution is 0.184. The first kappa shape index (κ1) is 10.8. The molecule has 1 heterocycles. The minimum absolute atomic E-state index is 0. The Bertz CT molecular complexity index is 306. The molecule has 2 N–H and O–H groups in total. The normalized spacial score (nSPS) is 19.7. The summed E-state index contributed by atoms with van der Waals surface area (Å²) in [7, 11) is 0. The summed E-state index contributed by atoms with van der Waals surface area (Å²) in [5, 5.41) is 12.6. The lowest BCUT2D eigenvalue weighted by Crippen LogP contribution is -2.27. The number of para-hydroxylation sites is 1. The number of fused-ring (bicyclic) bond motifs is 1. The van der Waals surface area contributed by atoms with Crippen molar-refractivity contribution >= 4 is 34.0 Å². The zero-order valence-electron chi connectivity index (χ0n) is 6.96. The van der Waals surface area contributed by atoms with E-state index in [1.165, 1.54) is 5.56 Å². The van der Waals surface area contributed by atoms with E-state index >= 15 is 0 Å². The van der Waals surface area contributed by atoms with Crippen LogP contribution in [0.1, 0.15) is 5.56 Å². The Morgan fingerprint density at radius 2 is 2.23 bits per heavy atom. The lowest BCUT2D eigenvalue weighted by atomic mass is 10.0. The standard InChI is InChI=1S/C9H10BrNO.ClH/c10-8-3-1-2-6-4-7(12)5-11-9(6)8;/h1-3,7,11-12H,4-5H2;1H. The van der Waals surface area contributed by atoms with Crippen molar-refractivity contribution in [3.05, 3.63) is 28.2 Å². The van der Waals surface area contributed by atoms with Crippen LogP contribution in [0.25, 0.3) is 0 Å². The third-order valence-corrected chi connectivity index (χ3v) is 2.73. The molecule has 0 fully saturated rings. The molecular weight excluding hydrogens is 253 g/mol. The number of anilines is 1. The maximum Gasteiger partial charge on any atom is 0.0753 e. The molecule has 4 heteroatoms. The quantitative estimate of drug-likeness (QED) is 0.753. The number of β-amino-alcohol motifs (C(OH)–C–C–N with tert-alkyl or cyclic N) is 1. The molecule has 13 heavy (non-hydrogen) atoms. The number of hydrogen-bond acceptors (Lipinski definition) is 2. The van der Waals surface area contributed by atoms with Crippen molar-refractivity contribution in [2.45, 2.75) is 12.5 Å². The molecule has 1 aromatic carbocycles. The molecule has 1 atom stereocenters. The third-order valence-electron chi connectivity index (χ3n) is 2.07. The first-order chi connectivity index (χ1) is 5.77. The van der Waals surface area contributed by atoms with Gasteiger partial charge in [0.05, 0.1) is 11.8 Å². The van der Waals surface area contributed by atoms with Gasteiger partial charge in [0.25, 0.3) is 0 Å². The smallest absolute Gasteiger partial charge is 0.0753 e. The second-order valence-corrected chi connectivity index (χ2v) is 3.87. The van der Waals surface area contributed by atoms with Gasteiger partial charge in [0.1, 0.15) is 0 Å². The van der Waals surface area contributed by atoms with Gasteiger partial charge in [0.15, 0.2) is 0 Å². The van der Waals surface area contributed by atoms with E-state index in [1.807, 2.05) is 18.2 Å². The highest BCUT2D eigenvalue weighted by atomic mass is 79.9. The summed E-state index contributed by atoms with van der Waals surface area (Å²) in [5.41, 5.74) is 2.31. The molecule has 0 aromatic heterocycles. The number of benzene rings is 1. The zero-order valence-corrected chi connectivity index (χ0v) is 9.36. The molecule has 0 saturated carbocycles. The van der Waals surface area contributed by atoms with Crippen LogP contribution in [0, 0.1) is 0 Å². The lowest BCUT2D eigenvalue weighted by Gasteiger charge is -2.23. The molecular formula is C9H11BrClNO. The van der Waals surface area contributed by atoms with Crippen molar-refractivity contribution in [1.29, 1.82) is 0 Å². The number of halogens is 2. The van der Waals surface area contributed by atoms with Crippen LogP contribution in [0.2, 0.25) is 0 Å². The van der Waals surface area contributed by atoms with Gasteiger partial charge < -0.3 is 10.4 Å². The van der Waals surface area contributed by atoms with E-state index in [0.717, 1.165) is 16.6 Å². The average Bonchev–Trinajstić information content (AvgIpc) is 2.04. The van der Waals surface area contributed by atoms with E-state index in [2.05, 4.69) is 21.2 Å². The van der Waals surface area contributed by atoms with Crippen LogP contribution in [-0.2, 0) is 6.42 Å². The number of aliphatic hydroxyl groups is 1. The molecule has 1 aliphatic heterocycles. The van der Waals surface area contributed by atoms with Gasteiger partial charge in [0, 0.05) is 17.4 Å². The monoisotopic (exact) mass is 263 g/mol. The second kappa shape index (κ2) is 4.31. The molecule has 0 aliphatic carbocycles. The fraction of sp³-hybridized carbons (Fsp3) is 0.333. The topological polar surface area (TPSA) is 32.3 Å². The highest BCUT2D eigenvalue weighted by molar-refractivity contribution is 9.10. The summed E-state index contributed by atoms with van der Waals surface area (Å²) in [6, 6.07) is 6.03. The Morgan fingerprint density at radius 1 is 1.46 bits per heavy atom. The number of hydrogen-bond donors (Lipinski definition) is 2. The van der Waals surface area contributed by atoms with Gasteiger partial charge in [-0.3, -0.25) is 0 Å². The van der Waals surface area contributed by atoms with E-state index in [9.17, 15) is 5.11 Å². The molecule has 2 rings (SSSR count). The van der Waals surface area contributed by atoms with Crippen molar-refractivity contribution in [2.75, 3.05) is 11.9 Å². The van der Waals surface area contributed by atoms with Gasteiger partial charge in [-0.25, -0.2) is 0 Å². The molecule has 0 spiro atoms. The van der Waals surface area contributed by atoms with Crippen LogP contribution >= 0.6 is 28.3 Å². The minimum Gasteiger partial charge on any atom is -0.391 e. The SMILES string of the molecule is Cl.OC1CNc2c(Br)cccc2C1. The Balaban J connectivity index is 0.000000845. The van der Waals surface area contributed by atoms with E-state index in [1.54, 1.807) is 0 Å². The Kier molecular flexibility index (Phi) is 3.59. The predicted molar refractivity (Wildman–Crippen MR) is 59.6 cm³/mol. The zero-order chi connectivity index (χ0) is 8.55. The van der Waals surface area contributed by atoms with Crippen LogP contribution in [0.4, 0.5) is 5.69 Å². The molecule has 1 unspecified atom stereocenters. The van der Waals surface area contributed by atoms with Gasteiger partial charge in [-0.2, -0.15) is 0 Å². The van der Waals surface area contributed by atoms with Gasteiger partial charge in [-0.15, -0.1) is 12.4 Å². The summed E-state index contributed by atoms with van der Waals surface area (Å²) >= 11 is 3.46. The van der Waals surface area contributed by atoms with E-state index in [-0.39, 0.29) is 18.5 Å². The summed E-state index contributed by atoms with van der Waals surface area (Å²) in [5.74, 6) is 0. The fourth-order valence-electron chi connectivity index (χ4n) is 1.48. The minimum atomic E-state index is -0.244. The van der Waals surface area contributed by atoms with E-state index in [4.69, 9.17) is 0 Å². The number of rotatable bonds is 0. The third kappa shape index (κ3) is 2.16. The van der Waals surface area contributed by atoms with Crippen LogP contribution in [0.3, 0.4) is 0 Å². The molecule has 2 nitrogen and oxygen atoms in total. The van der Waals surface area contributed by atoms with Crippen LogP contribution < -0.4 is 5.32 Å². The average molecular weight is 265 g/mol. The van der Waals surface area contributed by atoms with Crippen molar-refractivity contribution in [2.24, 2.45) is 0 Å². The Morgan fingerprint density at radius 3 is 3.00 bits per heavy atom.